The van der Waals surface area contributed by atoms with Crippen LogP contribution in [0.2, 0.25) is 0 Å². The van der Waals surface area contributed by atoms with Gasteiger partial charge in [-0.1, -0.05) is 45.9 Å². The van der Waals surface area contributed by atoms with E-state index < -0.39 is 0 Å². The Hall–Kier alpha value is -1.88. The minimum absolute atomic E-state index is 0.0734. The minimum Gasteiger partial charge on any atom is -0.353 e. The second kappa shape index (κ2) is 9.56. The van der Waals surface area contributed by atoms with Crippen molar-refractivity contribution >= 4 is 17.5 Å². The van der Waals surface area contributed by atoms with Crippen LogP contribution in [0.15, 0.2) is 18.2 Å². The smallest absolute Gasteiger partial charge is 0.238 e. The number of likely N-dealkylation sites (N-methyl/N-ethyl adjacent to an activating group) is 1. The molecule has 1 rings (SSSR count). The van der Waals surface area contributed by atoms with E-state index in [1.54, 1.807) is 11.9 Å². The number of hydrogen-bond donors (Lipinski definition) is 2. The average Bonchev–Trinajstić information content (AvgIpc) is 2.45. The Balaban J connectivity index is 2.81. The van der Waals surface area contributed by atoms with Gasteiger partial charge in [-0.05, 0) is 43.9 Å². The molecule has 2 amide bonds. The Kier molecular flexibility index (Phi) is 8.10. The third kappa shape index (κ3) is 6.86. The van der Waals surface area contributed by atoms with Gasteiger partial charge < -0.3 is 10.6 Å². The summed E-state index contributed by atoms with van der Waals surface area (Å²) in [6, 6.07) is 6.27. The molecule has 0 aliphatic heterocycles. The van der Waals surface area contributed by atoms with E-state index in [1.165, 1.54) is 0 Å². The van der Waals surface area contributed by atoms with Crippen LogP contribution in [0.1, 0.15) is 64.5 Å². The Labute approximate surface area is 152 Å². The van der Waals surface area contributed by atoms with Crippen molar-refractivity contribution in [2.45, 2.75) is 59.4 Å². The fourth-order valence-corrected chi connectivity index (χ4v) is 2.79. The zero-order valence-electron chi connectivity index (χ0n) is 16.6. The van der Waals surface area contributed by atoms with E-state index in [-0.39, 0.29) is 30.9 Å². The van der Waals surface area contributed by atoms with Crippen molar-refractivity contribution in [2.24, 2.45) is 0 Å². The first-order valence-corrected chi connectivity index (χ1v) is 9.02. The second-order valence-electron chi connectivity index (χ2n) is 7.56. The second-order valence-corrected chi connectivity index (χ2v) is 7.56. The van der Waals surface area contributed by atoms with E-state index in [4.69, 9.17) is 0 Å². The van der Waals surface area contributed by atoms with Crippen molar-refractivity contribution in [1.29, 1.82) is 0 Å². The van der Waals surface area contributed by atoms with Crippen LogP contribution < -0.4 is 10.6 Å². The number of para-hydroxylation sites is 1. The maximum absolute atomic E-state index is 12.5. The highest BCUT2D eigenvalue weighted by Crippen LogP contribution is 2.32. The Morgan fingerprint density at radius 2 is 1.40 bits per heavy atom. The maximum atomic E-state index is 12.5. The molecule has 1 aromatic carbocycles. The molecule has 1 aromatic rings. The van der Waals surface area contributed by atoms with E-state index >= 15 is 0 Å². The number of rotatable bonds is 8. The first kappa shape index (κ1) is 21.2. The molecule has 0 unspecified atom stereocenters. The number of carbonyl (C=O) groups excluding carboxylic acids is 2. The van der Waals surface area contributed by atoms with Gasteiger partial charge in [0.25, 0.3) is 0 Å². The molecule has 2 N–H and O–H groups in total. The maximum Gasteiger partial charge on any atom is 0.238 e. The molecule has 0 saturated heterocycles. The molecule has 0 aromatic heterocycles. The largest absolute Gasteiger partial charge is 0.353 e. The lowest BCUT2D eigenvalue weighted by atomic mass is 9.92. The molecule has 0 atom stereocenters. The van der Waals surface area contributed by atoms with Crippen molar-refractivity contribution in [3.63, 3.8) is 0 Å². The molecule has 5 nitrogen and oxygen atoms in total. The lowest BCUT2D eigenvalue weighted by Gasteiger charge is -2.22. The quantitative estimate of drug-likeness (QED) is 0.758. The van der Waals surface area contributed by atoms with Gasteiger partial charge in [0, 0.05) is 11.7 Å². The fraction of sp³-hybridized carbons (Fsp3) is 0.600. The van der Waals surface area contributed by atoms with Crippen LogP contribution >= 0.6 is 0 Å². The standard InChI is InChI=1S/C20H33N3O2/c1-13(2)16-9-8-10-17(14(3)4)20(16)22-19(25)12-23(7)11-18(24)21-15(5)6/h8-10,13-15H,11-12H2,1-7H3,(H,21,24)(H,22,25). The van der Waals surface area contributed by atoms with Crippen LogP contribution in [0.3, 0.4) is 0 Å². The number of amides is 2. The van der Waals surface area contributed by atoms with Crippen LogP contribution in [0.5, 0.6) is 0 Å². The summed E-state index contributed by atoms with van der Waals surface area (Å²) in [4.78, 5) is 26.0. The van der Waals surface area contributed by atoms with Crippen molar-refractivity contribution < 1.29 is 9.59 Å². The first-order valence-electron chi connectivity index (χ1n) is 9.02. The molecule has 0 radical (unpaired) electrons. The summed E-state index contributed by atoms with van der Waals surface area (Å²) in [5.41, 5.74) is 3.19. The molecule has 0 aliphatic rings. The van der Waals surface area contributed by atoms with Crippen LogP contribution in [-0.2, 0) is 9.59 Å². The van der Waals surface area contributed by atoms with E-state index in [2.05, 4.69) is 50.5 Å². The number of hydrogen-bond acceptors (Lipinski definition) is 3. The summed E-state index contributed by atoms with van der Waals surface area (Å²) in [6.07, 6.45) is 0. The van der Waals surface area contributed by atoms with Crippen LogP contribution in [0.25, 0.3) is 0 Å². The van der Waals surface area contributed by atoms with Crippen molar-refractivity contribution in [3.05, 3.63) is 29.3 Å². The molecule has 0 spiro atoms. The van der Waals surface area contributed by atoms with Crippen molar-refractivity contribution in [1.82, 2.24) is 10.2 Å². The number of anilines is 1. The Bertz CT molecular complexity index is 568. The van der Waals surface area contributed by atoms with Crippen molar-refractivity contribution in [3.8, 4) is 0 Å². The lowest BCUT2D eigenvalue weighted by Crippen LogP contribution is -2.41. The monoisotopic (exact) mass is 347 g/mol. The molecular weight excluding hydrogens is 314 g/mol. The normalized spacial score (nSPS) is 11.5. The first-order chi connectivity index (χ1) is 11.6. The zero-order valence-corrected chi connectivity index (χ0v) is 16.6. The van der Waals surface area contributed by atoms with E-state index in [9.17, 15) is 9.59 Å². The van der Waals surface area contributed by atoms with Gasteiger partial charge in [-0.2, -0.15) is 0 Å². The molecule has 0 bridgehead atoms. The highest BCUT2D eigenvalue weighted by molar-refractivity contribution is 5.94. The highest BCUT2D eigenvalue weighted by Gasteiger charge is 2.17. The topological polar surface area (TPSA) is 61.4 Å². The molecule has 0 aliphatic carbocycles. The van der Waals surface area contributed by atoms with Crippen LogP contribution in [0, 0.1) is 0 Å². The molecular formula is C20H33N3O2. The SMILES string of the molecule is CC(C)NC(=O)CN(C)CC(=O)Nc1c(C(C)C)cccc1C(C)C. The minimum atomic E-state index is -0.102. The molecule has 25 heavy (non-hydrogen) atoms. The van der Waals surface area contributed by atoms with E-state index in [0.717, 1.165) is 16.8 Å². The molecule has 5 heteroatoms. The summed E-state index contributed by atoms with van der Waals surface area (Å²) in [6.45, 7) is 12.7. The zero-order chi connectivity index (χ0) is 19.1. The summed E-state index contributed by atoms with van der Waals surface area (Å²) >= 11 is 0. The molecule has 0 heterocycles. The Morgan fingerprint density at radius 1 is 0.920 bits per heavy atom. The van der Waals surface area contributed by atoms with Crippen LogP contribution in [0.4, 0.5) is 5.69 Å². The third-order valence-corrected chi connectivity index (χ3v) is 3.91. The number of carbonyl (C=O) groups is 2. The number of nitrogens with zero attached hydrogens (tertiary/aromatic N) is 1. The Morgan fingerprint density at radius 3 is 1.84 bits per heavy atom. The summed E-state index contributed by atoms with van der Waals surface area (Å²) in [5, 5.41) is 5.91. The summed E-state index contributed by atoms with van der Waals surface area (Å²) in [5.74, 6) is 0.470. The molecule has 140 valence electrons. The predicted octanol–water partition coefficient (Wildman–Crippen LogP) is 3.33. The van der Waals surface area contributed by atoms with Gasteiger partial charge in [-0.15, -0.1) is 0 Å². The fourth-order valence-electron chi connectivity index (χ4n) is 2.79. The van der Waals surface area contributed by atoms with Gasteiger partial charge >= 0.3 is 0 Å². The number of nitrogens with one attached hydrogen (secondary N) is 2. The van der Waals surface area contributed by atoms with Gasteiger partial charge in [-0.25, -0.2) is 0 Å². The van der Waals surface area contributed by atoms with Gasteiger partial charge in [0.05, 0.1) is 13.1 Å². The van der Waals surface area contributed by atoms with Gasteiger partial charge in [0.1, 0.15) is 0 Å². The summed E-state index contributed by atoms with van der Waals surface area (Å²) in [7, 11) is 1.77. The lowest BCUT2D eigenvalue weighted by molar-refractivity contribution is -0.123. The van der Waals surface area contributed by atoms with Gasteiger partial charge in [-0.3, -0.25) is 14.5 Å². The predicted molar refractivity (Wildman–Crippen MR) is 104 cm³/mol. The number of benzene rings is 1. The van der Waals surface area contributed by atoms with E-state index in [1.807, 2.05) is 19.9 Å². The van der Waals surface area contributed by atoms with E-state index in [0.29, 0.717) is 11.8 Å². The third-order valence-electron chi connectivity index (χ3n) is 3.91. The summed E-state index contributed by atoms with van der Waals surface area (Å²) < 4.78 is 0. The average molecular weight is 348 g/mol. The highest BCUT2D eigenvalue weighted by atomic mass is 16.2. The van der Waals surface area contributed by atoms with Crippen molar-refractivity contribution in [2.75, 3.05) is 25.5 Å². The molecule has 0 saturated carbocycles. The van der Waals surface area contributed by atoms with Crippen LogP contribution in [-0.4, -0.2) is 42.9 Å². The molecule has 0 fully saturated rings. The van der Waals surface area contributed by atoms with Gasteiger partial charge in [0.15, 0.2) is 0 Å². The van der Waals surface area contributed by atoms with Gasteiger partial charge in [0.2, 0.25) is 11.8 Å².